The van der Waals surface area contributed by atoms with Crippen molar-refractivity contribution in [2.45, 2.75) is 18.9 Å². The first-order valence-corrected chi connectivity index (χ1v) is 7.37. The molecule has 2 rings (SSSR count). The van der Waals surface area contributed by atoms with Crippen LogP contribution in [0.5, 0.6) is 0 Å². The predicted octanol–water partition coefficient (Wildman–Crippen LogP) is 1.22. The van der Waals surface area contributed by atoms with Crippen LogP contribution in [-0.4, -0.2) is 51.1 Å². The second-order valence-corrected chi connectivity index (χ2v) is 6.16. The molecule has 3 N–H and O–H groups in total. The summed E-state index contributed by atoms with van der Waals surface area (Å²) in [5, 5.41) is 3.73. The first-order valence-electron chi connectivity index (χ1n) is 6.55. The first kappa shape index (κ1) is 14.1. The van der Waals surface area contributed by atoms with Crippen molar-refractivity contribution in [3.63, 3.8) is 0 Å². The molecule has 1 aliphatic heterocycles. The Morgan fingerprint density at radius 3 is 2.63 bits per heavy atom. The van der Waals surface area contributed by atoms with Crippen molar-refractivity contribution < 1.29 is 4.79 Å². The Bertz CT molecular complexity index is 449. The van der Waals surface area contributed by atoms with Gasteiger partial charge in [-0.1, -0.05) is 0 Å². The van der Waals surface area contributed by atoms with Gasteiger partial charge in [-0.25, -0.2) is 0 Å². The van der Waals surface area contributed by atoms with E-state index in [9.17, 15) is 4.79 Å². The molecule has 1 aromatic rings. The summed E-state index contributed by atoms with van der Waals surface area (Å²) in [7, 11) is 5.89. The number of amides is 1. The molecule has 1 fully saturated rings. The van der Waals surface area contributed by atoms with E-state index in [1.54, 1.807) is 7.05 Å². The Morgan fingerprint density at radius 2 is 2.11 bits per heavy atom. The number of hydrogen-bond donors (Lipinski definition) is 2. The molecule has 2 heterocycles. The number of nitrogens with zero attached hydrogens (tertiary/aromatic N) is 2. The monoisotopic (exact) mass is 282 g/mol. The van der Waals surface area contributed by atoms with Crippen molar-refractivity contribution in [1.29, 1.82) is 0 Å². The summed E-state index contributed by atoms with van der Waals surface area (Å²) in [5.74, 6) is -0.100. The van der Waals surface area contributed by atoms with E-state index < -0.39 is 0 Å². The summed E-state index contributed by atoms with van der Waals surface area (Å²) in [6, 6.07) is 2.58. The van der Waals surface area contributed by atoms with Crippen molar-refractivity contribution >= 4 is 27.9 Å². The summed E-state index contributed by atoms with van der Waals surface area (Å²) < 4.78 is 0. The highest BCUT2D eigenvalue weighted by Crippen LogP contribution is 2.33. The zero-order valence-electron chi connectivity index (χ0n) is 11.8. The van der Waals surface area contributed by atoms with Crippen LogP contribution in [0, 0.1) is 0 Å². The number of nitrogens with one attached hydrogen (secondary N) is 1. The van der Waals surface area contributed by atoms with Crippen LogP contribution in [-0.2, 0) is 0 Å². The zero-order valence-corrected chi connectivity index (χ0v) is 12.6. The molecule has 1 saturated heterocycles. The van der Waals surface area contributed by atoms with Crippen LogP contribution in [0.25, 0.3) is 0 Å². The van der Waals surface area contributed by atoms with Crippen LogP contribution < -0.4 is 16.0 Å². The lowest BCUT2D eigenvalue weighted by Gasteiger charge is -2.35. The normalized spacial score (nSPS) is 16.9. The van der Waals surface area contributed by atoms with Crippen LogP contribution >= 0.6 is 11.3 Å². The Morgan fingerprint density at radius 1 is 1.47 bits per heavy atom. The number of carbonyl (C=O) groups excluding carboxylic acids is 1. The third-order valence-electron chi connectivity index (χ3n) is 3.69. The van der Waals surface area contributed by atoms with Gasteiger partial charge in [-0.15, -0.1) is 11.3 Å². The zero-order chi connectivity index (χ0) is 14.0. The maximum absolute atomic E-state index is 11.7. The van der Waals surface area contributed by atoms with Crippen molar-refractivity contribution in [2.75, 3.05) is 44.9 Å². The third kappa shape index (κ3) is 3.01. The van der Waals surface area contributed by atoms with Gasteiger partial charge in [0.05, 0.1) is 10.7 Å². The van der Waals surface area contributed by atoms with Gasteiger partial charge >= 0.3 is 0 Å². The van der Waals surface area contributed by atoms with E-state index in [0.29, 0.717) is 16.6 Å². The van der Waals surface area contributed by atoms with E-state index in [2.05, 4.69) is 29.2 Å². The average Bonchev–Trinajstić information content (AvgIpc) is 2.80. The summed E-state index contributed by atoms with van der Waals surface area (Å²) in [4.78, 5) is 16.9. The minimum Gasteiger partial charge on any atom is -0.397 e. The molecule has 1 amide bonds. The van der Waals surface area contributed by atoms with Gasteiger partial charge in [-0.05, 0) is 33.0 Å². The summed E-state index contributed by atoms with van der Waals surface area (Å²) in [5.41, 5.74) is 6.49. The van der Waals surface area contributed by atoms with Crippen LogP contribution in [0.4, 0.5) is 10.7 Å². The van der Waals surface area contributed by atoms with E-state index in [4.69, 9.17) is 5.73 Å². The van der Waals surface area contributed by atoms with Crippen molar-refractivity contribution in [2.24, 2.45) is 0 Å². The highest BCUT2D eigenvalue weighted by molar-refractivity contribution is 7.18. The first-order chi connectivity index (χ1) is 9.02. The van der Waals surface area contributed by atoms with E-state index in [1.807, 2.05) is 6.07 Å². The molecular formula is C13H22N4OS. The number of nitrogens with two attached hydrogens (primary N) is 1. The molecule has 19 heavy (non-hydrogen) atoms. The fourth-order valence-electron chi connectivity index (χ4n) is 2.44. The largest absolute Gasteiger partial charge is 0.397 e. The Labute approximate surface area is 118 Å². The number of rotatable bonds is 3. The lowest BCUT2D eigenvalue weighted by atomic mass is 10.0. The molecular weight excluding hydrogens is 260 g/mol. The van der Waals surface area contributed by atoms with E-state index in [1.165, 1.54) is 11.3 Å². The average molecular weight is 282 g/mol. The minimum atomic E-state index is -0.100. The van der Waals surface area contributed by atoms with Gasteiger partial charge in [0.1, 0.15) is 4.88 Å². The van der Waals surface area contributed by atoms with Crippen molar-refractivity contribution in [3.8, 4) is 0 Å². The lowest BCUT2D eigenvalue weighted by Crippen LogP contribution is -2.41. The lowest BCUT2D eigenvalue weighted by molar-refractivity contribution is 0.0968. The summed E-state index contributed by atoms with van der Waals surface area (Å²) in [6.45, 7) is 2.05. The van der Waals surface area contributed by atoms with Crippen molar-refractivity contribution in [3.05, 3.63) is 10.9 Å². The van der Waals surface area contributed by atoms with Gasteiger partial charge in [0.15, 0.2) is 0 Å². The molecule has 0 aliphatic carbocycles. The van der Waals surface area contributed by atoms with Crippen LogP contribution in [0.2, 0.25) is 0 Å². The standard InChI is InChI=1S/C13H22N4OS/c1-15-13(18)12-10(14)8-11(19-12)17-6-4-9(5-7-17)16(2)3/h8-9H,4-7,14H2,1-3H3,(H,15,18). The molecule has 1 aliphatic rings. The molecule has 0 unspecified atom stereocenters. The molecule has 5 nitrogen and oxygen atoms in total. The SMILES string of the molecule is CNC(=O)c1sc(N2CCC(N(C)C)CC2)cc1N. The predicted molar refractivity (Wildman–Crippen MR) is 81.0 cm³/mol. The third-order valence-corrected chi connectivity index (χ3v) is 4.90. The molecule has 106 valence electrons. The second-order valence-electron chi connectivity index (χ2n) is 5.13. The smallest absolute Gasteiger partial charge is 0.263 e. The van der Waals surface area contributed by atoms with Crippen LogP contribution in [0.1, 0.15) is 22.5 Å². The molecule has 0 radical (unpaired) electrons. The van der Waals surface area contributed by atoms with Crippen molar-refractivity contribution in [1.82, 2.24) is 10.2 Å². The number of hydrogen-bond acceptors (Lipinski definition) is 5. The van der Waals surface area contributed by atoms with Gasteiger partial charge in [0, 0.05) is 26.2 Å². The van der Waals surface area contributed by atoms with Gasteiger partial charge < -0.3 is 20.9 Å². The number of piperidine rings is 1. The molecule has 0 aromatic carbocycles. The van der Waals surface area contributed by atoms with Gasteiger partial charge in [0.25, 0.3) is 5.91 Å². The van der Waals surface area contributed by atoms with Gasteiger partial charge in [-0.2, -0.15) is 0 Å². The Kier molecular flexibility index (Phi) is 4.31. The molecule has 6 heteroatoms. The molecule has 1 aromatic heterocycles. The maximum Gasteiger partial charge on any atom is 0.263 e. The molecule has 0 atom stereocenters. The number of nitrogen functional groups attached to an aromatic ring is 1. The maximum atomic E-state index is 11.7. The minimum absolute atomic E-state index is 0.100. The molecule has 0 saturated carbocycles. The molecule has 0 bridgehead atoms. The molecule has 0 spiro atoms. The topological polar surface area (TPSA) is 61.6 Å². The fourth-order valence-corrected chi connectivity index (χ4v) is 3.52. The van der Waals surface area contributed by atoms with Gasteiger partial charge in [-0.3, -0.25) is 4.79 Å². The van der Waals surface area contributed by atoms with E-state index >= 15 is 0 Å². The number of anilines is 2. The highest BCUT2D eigenvalue weighted by Gasteiger charge is 2.23. The van der Waals surface area contributed by atoms with Crippen LogP contribution in [0.15, 0.2) is 6.07 Å². The Balaban J connectivity index is 2.06. The number of thiophene rings is 1. The van der Waals surface area contributed by atoms with E-state index in [0.717, 1.165) is 30.9 Å². The summed E-state index contributed by atoms with van der Waals surface area (Å²) >= 11 is 1.48. The van der Waals surface area contributed by atoms with Gasteiger partial charge in [0.2, 0.25) is 0 Å². The highest BCUT2D eigenvalue weighted by atomic mass is 32.1. The summed E-state index contributed by atoms with van der Waals surface area (Å²) in [6.07, 6.45) is 2.31. The van der Waals surface area contributed by atoms with E-state index in [-0.39, 0.29) is 5.91 Å². The second kappa shape index (κ2) is 5.79. The van der Waals surface area contributed by atoms with Crippen LogP contribution in [0.3, 0.4) is 0 Å². The quantitative estimate of drug-likeness (QED) is 0.875. The Hall–Kier alpha value is -1.27. The fraction of sp³-hybridized carbons (Fsp3) is 0.615. The number of carbonyl (C=O) groups is 1.